The van der Waals surface area contributed by atoms with Crippen LogP contribution in [0.3, 0.4) is 0 Å². The first-order chi connectivity index (χ1) is 9.78. The third-order valence-electron chi connectivity index (χ3n) is 1.94. The molecule has 1 rings (SSSR count). The van der Waals surface area contributed by atoms with Gasteiger partial charge < -0.3 is 15.3 Å². The zero-order valence-corrected chi connectivity index (χ0v) is 12.0. The van der Waals surface area contributed by atoms with Crippen LogP contribution in [0.15, 0.2) is 55.7 Å². The molecule has 3 N–H and O–H groups in total. The molecule has 0 aliphatic carbocycles. The van der Waals surface area contributed by atoms with Crippen molar-refractivity contribution in [3.8, 4) is 0 Å². The molecule has 1 aromatic rings. The van der Waals surface area contributed by atoms with Crippen LogP contribution in [0, 0.1) is 0 Å². The molecule has 0 bridgehead atoms. The summed E-state index contributed by atoms with van der Waals surface area (Å²) < 4.78 is 0. The first kappa shape index (κ1) is 24.4. The van der Waals surface area contributed by atoms with Crippen LogP contribution in [0.1, 0.15) is 25.5 Å². The maximum absolute atomic E-state index is 9.60. The number of carboxylic acid groups (broad SMARTS) is 2. The predicted octanol–water partition coefficient (Wildman–Crippen LogP) is 3.36. The topological polar surface area (TPSA) is 94.8 Å². The van der Waals surface area contributed by atoms with Crippen molar-refractivity contribution in [1.29, 1.82) is 0 Å². The fraction of sp³-hybridized carbons (Fsp3) is 0.176. The molecule has 0 spiro atoms. The molecular formula is C17H24O5. The minimum Gasteiger partial charge on any atom is -0.478 e. The van der Waals surface area contributed by atoms with Gasteiger partial charge in [-0.15, -0.1) is 0 Å². The lowest BCUT2D eigenvalue weighted by molar-refractivity contribution is -0.133. The largest absolute Gasteiger partial charge is 0.478 e. The molecule has 0 heterocycles. The number of benzene rings is 1. The zero-order valence-electron chi connectivity index (χ0n) is 12.0. The second-order valence-corrected chi connectivity index (χ2v) is 3.73. The maximum Gasteiger partial charge on any atom is 0.330 e. The number of hydrogen-bond acceptors (Lipinski definition) is 3. The molecule has 0 aromatic heterocycles. The fourth-order valence-corrected chi connectivity index (χ4v) is 0.759. The highest BCUT2D eigenvalue weighted by Gasteiger charge is 1.90. The van der Waals surface area contributed by atoms with Crippen molar-refractivity contribution in [1.82, 2.24) is 0 Å². The molecule has 5 heteroatoms. The van der Waals surface area contributed by atoms with E-state index in [-0.39, 0.29) is 19.6 Å². The Morgan fingerprint density at radius 2 is 1.50 bits per heavy atom. The molecule has 5 nitrogen and oxygen atoms in total. The molecule has 0 amide bonds. The van der Waals surface area contributed by atoms with E-state index >= 15 is 0 Å². The number of aliphatic hydroxyl groups is 1. The molecule has 0 radical (unpaired) electrons. The van der Waals surface area contributed by atoms with Gasteiger partial charge >= 0.3 is 11.9 Å². The van der Waals surface area contributed by atoms with Gasteiger partial charge in [-0.05, 0) is 18.1 Å². The standard InChI is InChI=1S/C9H10O.C4H6O2.C3H4O2.CH4/c1-2-8-3-5-9(7-10)6-4-8;1-3(2)4(5)6;1-2-3(4)5;/h2-6,10H,1,7H2;1H2,2H3,(H,5,6);2H,1H2,(H,4,5);1H4. The van der Waals surface area contributed by atoms with Gasteiger partial charge in [0.2, 0.25) is 0 Å². The predicted molar refractivity (Wildman–Crippen MR) is 89.5 cm³/mol. The van der Waals surface area contributed by atoms with Gasteiger partial charge in [-0.3, -0.25) is 0 Å². The molecule has 122 valence electrons. The molecular weight excluding hydrogens is 284 g/mol. The summed E-state index contributed by atoms with van der Waals surface area (Å²) in [7, 11) is 0. The Morgan fingerprint density at radius 3 is 1.68 bits per heavy atom. The molecule has 22 heavy (non-hydrogen) atoms. The van der Waals surface area contributed by atoms with Crippen LogP contribution in [0.2, 0.25) is 0 Å². The van der Waals surface area contributed by atoms with Gasteiger partial charge in [0.1, 0.15) is 0 Å². The summed E-state index contributed by atoms with van der Waals surface area (Å²) in [5.74, 6) is -1.92. The Hall–Kier alpha value is -2.66. The Labute approximate surface area is 131 Å². The monoisotopic (exact) mass is 308 g/mol. The van der Waals surface area contributed by atoms with Crippen molar-refractivity contribution in [2.45, 2.75) is 21.0 Å². The molecule has 0 aliphatic rings. The van der Waals surface area contributed by atoms with E-state index in [9.17, 15) is 9.59 Å². The first-order valence-corrected chi connectivity index (χ1v) is 5.84. The third-order valence-corrected chi connectivity index (χ3v) is 1.94. The summed E-state index contributed by atoms with van der Waals surface area (Å²) in [5.41, 5.74) is 2.19. The van der Waals surface area contributed by atoms with E-state index in [1.807, 2.05) is 24.3 Å². The second-order valence-electron chi connectivity index (χ2n) is 3.73. The molecule has 0 fully saturated rings. The fourth-order valence-electron chi connectivity index (χ4n) is 0.759. The van der Waals surface area contributed by atoms with Crippen LogP contribution in [0.5, 0.6) is 0 Å². The molecule has 1 aromatic carbocycles. The van der Waals surface area contributed by atoms with Crippen molar-refractivity contribution in [3.63, 3.8) is 0 Å². The normalized spacial score (nSPS) is 7.73. The number of hydrogen-bond donors (Lipinski definition) is 3. The van der Waals surface area contributed by atoms with Gasteiger partial charge in [0, 0.05) is 11.6 Å². The van der Waals surface area contributed by atoms with E-state index < -0.39 is 11.9 Å². The Kier molecular flexibility index (Phi) is 16.3. The van der Waals surface area contributed by atoms with Crippen molar-refractivity contribution < 1.29 is 24.9 Å². The Balaban J connectivity index is -0.000000262. The minimum atomic E-state index is -0.981. The van der Waals surface area contributed by atoms with Gasteiger partial charge in [0.05, 0.1) is 6.61 Å². The highest BCUT2D eigenvalue weighted by Crippen LogP contribution is 2.04. The molecule has 0 aliphatic heterocycles. The van der Waals surface area contributed by atoms with Crippen molar-refractivity contribution >= 4 is 18.0 Å². The van der Waals surface area contributed by atoms with E-state index in [1.54, 1.807) is 6.08 Å². The summed E-state index contributed by atoms with van der Waals surface area (Å²) in [5, 5.41) is 24.2. The van der Waals surface area contributed by atoms with Gasteiger partial charge in [-0.2, -0.15) is 0 Å². The SMILES string of the molecule is C.C=C(C)C(=O)O.C=CC(=O)O.C=Cc1ccc(CO)cc1. The van der Waals surface area contributed by atoms with E-state index in [0.29, 0.717) is 0 Å². The summed E-state index contributed by atoms with van der Waals surface area (Å²) in [6.07, 6.45) is 2.61. The summed E-state index contributed by atoms with van der Waals surface area (Å²) in [6, 6.07) is 7.63. The van der Waals surface area contributed by atoms with Gasteiger partial charge in [0.25, 0.3) is 0 Å². The van der Waals surface area contributed by atoms with E-state index in [2.05, 4.69) is 19.7 Å². The van der Waals surface area contributed by atoms with Crippen LogP contribution in [0.25, 0.3) is 6.08 Å². The number of carboxylic acids is 2. The van der Waals surface area contributed by atoms with Gasteiger partial charge in [-0.1, -0.05) is 57.5 Å². The van der Waals surface area contributed by atoms with E-state index in [1.165, 1.54) is 6.92 Å². The molecule has 0 atom stereocenters. The second kappa shape index (κ2) is 14.7. The number of aliphatic hydroxyl groups excluding tert-OH is 1. The number of rotatable bonds is 4. The lowest BCUT2D eigenvalue weighted by atomic mass is 10.1. The Morgan fingerprint density at radius 1 is 1.14 bits per heavy atom. The van der Waals surface area contributed by atoms with Crippen LogP contribution < -0.4 is 0 Å². The van der Waals surface area contributed by atoms with E-state index in [0.717, 1.165) is 17.2 Å². The van der Waals surface area contributed by atoms with Crippen LogP contribution in [-0.4, -0.2) is 27.3 Å². The zero-order chi connectivity index (χ0) is 16.8. The highest BCUT2D eigenvalue weighted by molar-refractivity contribution is 5.84. The lowest BCUT2D eigenvalue weighted by Crippen LogP contribution is -1.92. The summed E-state index contributed by atoms with van der Waals surface area (Å²) in [4.78, 5) is 18.8. The maximum atomic E-state index is 9.60. The minimum absolute atomic E-state index is 0. The van der Waals surface area contributed by atoms with E-state index in [4.69, 9.17) is 15.3 Å². The van der Waals surface area contributed by atoms with Gasteiger partial charge in [-0.25, -0.2) is 9.59 Å². The van der Waals surface area contributed by atoms with Crippen LogP contribution >= 0.6 is 0 Å². The smallest absolute Gasteiger partial charge is 0.330 e. The van der Waals surface area contributed by atoms with Crippen LogP contribution in [-0.2, 0) is 16.2 Å². The quantitative estimate of drug-likeness (QED) is 0.741. The van der Waals surface area contributed by atoms with Crippen LogP contribution in [0.4, 0.5) is 0 Å². The summed E-state index contributed by atoms with van der Waals surface area (Å²) >= 11 is 0. The third kappa shape index (κ3) is 15.4. The van der Waals surface area contributed by atoms with Crippen molar-refractivity contribution in [2.24, 2.45) is 0 Å². The molecule has 0 unspecified atom stereocenters. The van der Waals surface area contributed by atoms with Gasteiger partial charge in [0.15, 0.2) is 0 Å². The Bertz CT molecular complexity index is 474. The molecule has 0 saturated carbocycles. The lowest BCUT2D eigenvalue weighted by Gasteiger charge is -1.94. The highest BCUT2D eigenvalue weighted by atomic mass is 16.4. The average Bonchev–Trinajstić information content (AvgIpc) is 2.48. The number of carbonyl (C=O) groups is 2. The first-order valence-electron chi connectivity index (χ1n) is 5.84. The van der Waals surface area contributed by atoms with Crippen molar-refractivity contribution in [3.05, 3.63) is 66.8 Å². The number of aliphatic carboxylic acids is 2. The average molecular weight is 308 g/mol. The molecule has 0 saturated heterocycles. The summed E-state index contributed by atoms with van der Waals surface area (Å²) in [6.45, 7) is 11.3. The van der Waals surface area contributed by atoms with Crippen molar-refractivity contribution in [2.75, 3.05) is 0 Å².